The zero-order valence-corrected chi connectivity index (χ0v) is 9.12. The molecule has 1 aromatic heterocycles. The van der Waals surface area contributed by atoms with Gasteiger partial charge in [-0.05, 0) is 13.0 Å². The first kappa shape index (κ1) is 10.8. The van der Waals surface area contributed by atoms with Gasteiger partial charge in [-0.15, -0.1) is 0 Å². The lowest BCUT2D eigenvalue weighted by Gasteiger charge is -2.26. The van der Waals surface area contributed by atoms with Crippen LogP contribution in [0.3, 0.4) is 0 Å². The number of carbonyl (C=O) groups excluding carboxylic acids is 1. The first-order valence-corrected chi connectivity index (χ1v) is 5.25. The van der Waals surface area contributed by atoms with Gasteiger partial charge in [-0.2, -0.15) is 4.98 Å². The van der Waals surface area contributed by atoms with Gasteiger partial charge in [0, 0.05) is 31.9 Å². The number of hydrogen-bond donors (Lipinski definition) is 2. The number of hydrogen-bond acceptors (Lipinski definition) is 4. The zero-order valence-electron chi connectivity index (χ0n) is 9.12. The van der Waals surface area contributed by atoms with Crippen LogP contribution in [0.25, 0.3) is 0 Å². The van der Waals surface area contributed by atoms with E-state index in [2.05, 4.69) is 15.3 Å². The highest BCUT2D eigenvalue weighted by molar-refractivity contribution is 5.92. The van der Waals surface area contributed by atoms with Crippen molar-refractivity contribution in [1.82, 2.24) is 20.2 Å². The lowest BCUT2D eigenvalue weighted by atomic mass is 10.2. The maximum atomic E-state index is 12.0. The Kier molecular flexibility index (Phi) is 3.00. The summed E-state index contributed by atoms with van der Waals surface area (Å²) in [6, 6.07) is 1.60. The van der Waals surface area contributed by atoms with Crippen molar-refractivity contribution in [2.75, 3.05) is 26.2 Å². The van der Waals surface area contributed by atoms with E-state index in [-0.39, 0.29) is 11.6 Å². The molecule has 2 heterocycles. The number of piperazine rings is 1. The molecule has 1 fully saturated rings. The minimum atomic E-state index is -0.474. The smallest absolute Gasteiger partial charge is 0.335 e. The van der Waals surface area contributed by atoms with Gasteiger partial charge in [0.15, 0.2) is 0 Å². The lowest BCUT2D eigenvalue weighted by Crippen LogP contribution is -2.46. The number of nitrogens with one attached hydrogen (secondary N) is 2. The van der Waals surface area contributed by atoms with E-state index in [1.165, 1.54) is 0 Å². The normalized spacial score (nSPS) is 16.2. The molecule has 1 aliphatic rings. The molecule has 1 amide bonds. The van der Waals surface area contributed by atoms with Crippen LogP contribution in [0.1, 0.15) is 16.2 Å². The van der Waals surface area contributed by atoms with Gasteiger partial charge in [0.2, 0.25) is 0 Å². The highest BCUT2D eigenvalue weighted by Gasteiger charge is 2.19. The molecule has 0 spiro atoms. The number of carbonyl (C=O) groups is 1. The van der Waals surface area contributed by atoms with Crippen molar-refractivity contribution >= 4 is 5.91 Å². The molecule has 2 rings (SSSR count). The van der Waals surface area contributed by atoms with Gasteiger partial charge in [0.1, 0.15) is 5.69 Å². The van der Waals surface area contributed by atoms with Crippen LogP contribution in [0.2, 0.25) is 0 Å². The van der Waals surface area contributed by atoms with E-state index >= 15 is 0 Å². The van der Waals surface area contributed by atoms with E-state index in [0.717, 1.165) is 13.1 Å². The Morgan fingerprint density at radius 2 is 2.12 bits per heavy atom. The van der Waals surface area contributed by atoms with Crippen LogP contribution in [0, 0.1) is 6.92 Å². The number of H-pyrrole nitrogens is 1. The molecule has 16 heavy (non-hydrogen) atoms. The van der Waals surface area contributed by atoms with Crippen molar-refractivity contribution in [3.8, 4) is 0 Å². The molecular formula is C10H14N4O2. The van der Waals surface area contributed by atoms with E-state index in [1.54, 1.807) is 17.9 Å². The molecule has 6 nitrogen and oxygen atoms in total. The summed E-state index contributed by atoms with van der Waals surface area (Å²) < 4.78 is 0. The largest absolute Gasteiger partial charge is 0.345 e. The van der Waals surface area contributed by atoms with Crippen LogP contribution < -0.4 is 11.0 Å². The summed E-state index contributed by atoms with van der Waals surface area (Å²) in [5.41, 5.74) is 0.403. The van der Waals surface area contributed by atoms with Gasteiger partial charge >= 0.3 is 5.69 Å². The number of nitrogens with zero attached hydrogens (tertiary/aromatic N) is 2. The molecule has 0 bridgehead atoms. The monoisotopic (exact) mass is 222 g/mol. The first-order chi connectivity index (χ1) is 7.66. The summed E-state index contributed by atoms with van der Waals surface area (Å²) in [6.07, 6.45) is 0. The van der Waals surface area contributed by atoms with Crippen molar-refractivity contribution < 1.29 is 4.79 Å². The van der Waals surface area contributed by atoms with E-state index in [4.69, 9.17) is 0 Å². The Hall–Kier alpha value is -1.69. The fourth-order valence-electron chi connectivity index (χ4n) is 1.72. The van der Waals surface area contributed by atoms with Crippen molar-refractivity contribution in [2.45, 2.75) is 6.92 Å². The van der Waals surface area contributed by atoms with Crippen LogP contribution in [-0.2, 0) is 0 Å². The van der Waals surface area contributed by atoms with Gasteiger partial charge < -0.3 is 15.2 Å². The number of rotatable bonds is 1. The van der Waals surface area contributed by atoms with Gasteiger partial charge in [0.05, 0.1) is 0 Å². The SMILES string of the molecule is Cc1cc(C(=O)N2CCNCC2)nc(=O)[nH]1. The van der Waals surface area contributed by atoms with Crippen LogP contribution in [0.5, 0.6) is 0 Å². The van der Waals surface area contributed by atoms with Crippen molar-refractivity contribution in [2.24, 2.45) is 0 Å². The van der Waals surface area contributed by atoms with E-state index < -0.39 is 5.69 Å². The number of aromatic nitrogens is 2. The summed E-state index contributed by atoms with van der Waals surface area (Å²) in [5, 5.41) is 3.16. The Morgan fingerprint density at radius 1 is 1.44 bits per heavy atom. The molecule has 0 aromatic carbocycles. The van der Waals surface area contributed by atoms with Crippen LogP contribution in [-0.4, -0.2) is 47.0 Å². The Morgan fingerprint density at radius 3 is 2.75 bits per heavy atom. The minimum Gasteiger partial charge on any atom is -0.335 e. The van der Waals surface area contributed by atoms with E-state index in [9.17, 15) is 9.59 Å². The maximum absolute atomic E-state index is 12.0. The Bertz CT molecular complexity index is 448. The molecule has 0 radical (unpaired) electrons. The fourth-order valence-corrected chi connectivity index (χ4v) is 1.72. The topological polar surface area (TPSA) is 78.1 Å². The summed E-state index contributed by atoms with van der Waals surface area (Å²) in [4.78, 5) is 31.0. The lowest BCUT2D eigenvalue weighted by molar-refractivity contribution is 0.0729. The summed E-state index contributed by atoms with van der Waals surface area (Å²) >= 11 is 0. The molecule has 1 aliphatic heterocycles. The second-order valence-corrected chi connectivity index (χ2v) is 3.80. The number of aromatic amines is 1. The second kappa shape index (κ2) is 4.44. The van der Waals surface area contributed by atoms with Crippen molar-refractivity contribution in [3.63, 3.8) is 0 Å². The molecule has 0 aliphatic carbocycles. The van der Waals surface area contributed by atoms with Gasteiger partial charge in [0.25, 0.3) is 5.91 Å². The molecule has 0 atom stereocenters. The van der Waals surface area contributed by atoms with Crippen molar-refractivity contribution in [3.05, 3.63) is 27.9 Å². The van der Waals surface area contributed by atoms with Gasteiger partial charge in [-0.1, -0.05) is 0 Å². The molecule has 2 N–H and O–H groups in total. The highest BCUT2D eigenvalue weighted by atomic mass is 16.2. The molecule has 86 valence electrons. The molecule has 0 unspecified atom stereocenters. The third kappa shape index (κ3) is 2.27. The third-order valence-electron chi connectivity index (χ3n) is 2.50. The second-order valence-electron chi connectivity index (χ2n) is 3.80. The van der Waals surface area contributed by atoms with Crippen LogP contribution in [0.4, 0.5) is 0 Å². The number of amides is 1. The average Bonchev–Trinajstić information content (AvgIpc) is 2.28. The van der Waals surface area contributed by atoms with E-state index in [1.807, 2.05) is 0 Å². The predicted molar refractivity (Wildman–Crippen MR) is 58.4 cm³/mol. The quantitative estimate of drug-likeness (QED) is 0.647. The standard InChI is InChI=1S/C10H14N4O2/c1-7-6-8(13-10(16)12-7)9(15)14-4-2-11-3-5-14/h6,11H,2-5H2,1H3,(H,12,13,16). The maximum Gasteiger partial charge on any atom is 0.345 e. The fraction of sp³-hybridized carbons (Fsp3) is 0.500. The zero-order chi connectivity index (χ0) is 11.5. The first-order valence-electron chi connectivity index (χ1n) is 5.25. The summed E-state index contributed by atoms with van der Waals surface area (Å²) in [6.45, 7) is 4.62. The summed E-state index contributed by atoms with van der Waals surface area (Å²) in [7, 11) is 0. The predicted octanol–water partition coefficient (Wildman–Crippen LogP) is -0.876. The molecule has 1 saturated heterocycles. The highest BCUT2D eigenvalue weighted by Crippen LogP contribution is 2.02. The molecular weight excluding hydrogens is 208 g/mol. The van der Waals surface area contributed by atoms with Crippen LogP contribution in [0.15, 0.2) is 10.9 Å². The summed E-state index contributed by atoms with van der Waals surface area (Å²) in [5.74, 6) is -0.171. The molecule has 1 aromatic rings. The minimum absolute atomic E-state index is 0.171. The van der Waals surface area contributed by atoms with E-state index in [0.29, 0.717) is 18.8 Å². The Balaban J connectivity index is 2.22. The average molecular weight is 222 g/mol. The third-order valence-corrected chi connectivity index (χ3v) is 2.50. The van der Waals surface area contributed by atoms with Crippen LogP contribution >= 0.6 is 0 Å². The van der Waals surface area contributed by atoms with Crippen molar-refractivity contribution in [1.29, 1.82) is 0 Å². The Labute approximate surface area is 92.7 Å². The van der Waals surface area contributed by atoms with Gasteiger partial charge in [-0.25, -0.2) is 4.79 Å². The number of aryl methyl sites for hydroxylation is 1. The molecule has 6 heteroatoms. The molecule has 0 saturated carbocycles. The van der Waals surface area contributed by atoms with Gasteiger partial charge in [-0.3, -0.25) is 4.79 Å².